The van der Waals surface area contributed by atoms with E-state index in [1.165, 1.54) is 0 Å². The zero-order valence-corrected chi connectivity index (χ0v) is 23.1. The molecule has 2 heterocycles. The number of ether oxygens (including phenoxy) is 4. The molecule has 0 radical (unpaired) electrons. The van der Waals surface area contributed by atoms with E-state index in [2.05, 4.69) is 39.0 Å². The molecule has 0 saturated carbocycles. The summed E-state index contributed by atoms with van der Waals surface area (Å²) < 4.78 is 23.4. The first-order chi connectivity index (χ1) is 19.1. The number of para-hydroxylation sites is 1. The molecule has 0 spiro atoms. The monoisotopic (exact) mass is 589 g/mol. The average Bonchev–Trinajstić information content (AvgIpc) is 3.44. The van der Waals surface area contributed by atoms with Crippen molar-refractivity contribution in [3.8, 4) is 29.1 Å². The molecule has 8 nitrogen and oxygen atoms in total. The summed E-state index contributed by atoms with van der Waals surface area (Å²) in [5, 5.41) is 9.83. The van der Waals surface area contributed by atoms with Crippen LogP contribution in [0.25, 0.3) is 6.08 Å². The number of benzene rings is 3. The molecule has 2 aliphatic rings. The number of carbonyl (C=O) groups is 1. The number of piperazine rings is 1. The molecule has 200 valence electrons. The SMILES string of the molecule is CCOc1cc(/C=C(/C#N)C(=O)N2CCN(c3ccccc3)CC2)cc(Br)c1OCc1ccc2c(c1)OCO2. The van der Waals surface area contributed by atoms with Crippen LogP contribution in [0.2, 0.25) is 0 Å². The number of hydrogen-bond acceptors (Lipinski definition) is 7. The first-order valence-corrected chi connectivity index (χ1v) is 13.5. The van der Waals surface area contributed by atoms with Gasteiger partial charge in [-0.05, 0) is 76.5 Å². The van der Waals surface area contributed by atoms with E-state index >= 15 is 0 Å². The third-order valence-corrected chi connectivity index (χ3v) is 7.09. The van der Waals surface area contributed by atoms with Crippen molar-refractivity contribution in [3.05, 3.63) is 81.8 Å². The van der Waals surface area contributed by atoms with Crippen molar-refractivity contribution < 1.29 is 23.7 Å². The Morgan fingerprint density at radius 2 is 1.79 bits per heavy atom. The topological polar surface area (TPSA) is 84.3 Å². The van der Waals surface area contributed by atoms with Crippen molar-refractivity contribution in [3.63, 3.8) is 0 Å². The summed E-state index contributed by atoms with van der Waals surface area (Å²) in [6.45, 7) is 5.34. The summed E-state index contributed by atoms with van der Waals surface area (Å²) in [6.07, 6.45) is 1.60. The molecule has 5 rings (SSSR count). The molecule has 0 aliphatic carbocycles. The van der Waals surface area contributed by atoms with Crippen LogP contribution in [0.15, 0.2) is 70.7 Å². The lowest BCUT2D eigenvalue weighted by molar-refractivity contribution is -0.126. The summed E-state index contributed by atoms with van der Waals surface area (Å²) in [6, 6.07) is 21.5. The normalized spacial score (nSPS) is 14.6. The third-order valence-electron chi connectivity index (χ3n) is 6.50. The minimum Gasteiger partial charge on any atom is -0.490 e. The van der Waals surface area contributed by atoms with Crippen LogP contribution in [0.4, 0.5) is 5.69 Å². The number of hydrogen-bond donors (Lipinski definition) is 0. The van der Waals surface area contributed by atoms with E-state index in [-0.39, 0.29) is 18.3 Å². The Kier molecular flexibility index (Phi) is 8.23. The number of carbonyl (C=O) groups excluding carboxylic acids is 1. The van der Waals surface area contributed by atoms with Crippen LogP contribution in [0.3, 0.4) is 0 Å². The van der Waals surface area contributed by atoms with Gasteiger partial charge < -0.3 is 28.7 Å². The first-order valence-electron chi connectivity index (χ1n) is 12.7. The number of amides is 1. The highest BCUT2D eigenvalue weighted by atomic mass is 79.9. The summed E-state index contributed by atoms with van der Waals surface area (Å²) >= 11 is 3.58. The Hall–Kier alpha value is -4.16. The molecule has 3 aromatic rings. The maximum Gasteiger partial charge on any atom is 0.264 e. The number of halogens is 1. The van der Waals surface area contributed by atoms with Crippen molar-refractivity contribution in [1.29, 1.82) is 5.26 Å². The zero-order chi connectivity index (χ0) is 27.2. The van der Waals surface area contributed by atoms with Gasteiger partial charge in [-0.2, -0.15) is 5.26 Å². The van der Waals surface area contributed by atoms with Crippen LogP contribution >= 0.6 is 15.9 Å². The van der Waals surface area contributed by atoms with E-state index < -0.39 is 0 Å². The van der Waals surface area contributed by atoms with Gasteiger partial charge in [0.1, 0.15) is 18.2 Å². The third kappa shape index (κ3) is 6.13. The van der Waals surface area contributed by atoms with Gasteiger partial charge in [0, 0.05) is 31.9 Å². The van der Waals surface area contributed by atoms with Crippen molar-refractivity contribution in [2.75, 3.05) is 44.5 Å². The molecule has 0 unspecified atom stereocenters. The van der Waals surface area contributed by atoms with E-state index in [0.717, 1.165) is 11.3 Å². The maximum absolute atomic E-state index is 13.2. The van der Waals surface area contributed by atoms with E-state index in [4.69, 9.17) is 18.9 Å². The molecule has 3 aromatic carbocycles. The smallest absolute Gasteiger partial charge is 0.264 e. The van der Waals surface area contributed by atoms with E-state index in [9.17, 15) is 10.1 Å². The molecule has 1 saturated heterocycles. The van der Waals surface area contributed by atoms with Crippen LogP contribution in [-0.2, 0) is 11.4 Å². The predicted octanol–water partition coefficient (Wildman–Crippen LogP) is 5.41. The van der Waals surface area contributed by atoms with Gasteiger partial charge in [0.25, 0.3) is 5.91 Å². The highest BCUT2D eigenvalue weighted by Crippen LogP contribution is 2.39. The minimum absolute atomic E-state index is 0.0755. The second kappa shape index (κ2) is 12.1. The Balaban J connectivity index is 1.29. The fraction of sp³-hybridized carbons (Fsp3) is 0.267. The van der Waals surface area contributed by atoms with Crippen LogP contribution in [0.5, 0.6) is 23.0 Å². The van der Waals surface area contributed by atoms with Gasteiger partial charge in [0.2, 0.25) is 6.79 Å². The van der Waals surface area contributed by atoms with Crippen LogP contribution < -0.4 is 23.8 Å². The number of fused-ring (bicyclic) bond motifs is 1. The lowest BCUT2D eigenvalue weighted by Crippen LogP contribution is -2.49. The number of rotatable bonds is 8. The Labute approximate surface area is 236 Å². The van der Waals surface area contributed by atoms with Crippen molar-refractivity contribution in [2.45, 2.75) is 13.5 Å². The minimum atomic E-state index is -0.276. The largest absolute Gasteiger partial charge is 0.490 e. The van der Waals surface area contributed by atoms with Gasteiger partial charge in [0.15, 0.2) is 23.0 Å². The van der Waals surface area contributed by atoms with Crippen LogP contribution in [0, 0.1) is 11.3 Å². The lowest BCUT2D eigenvalue weighted by atomic mass is 10.1. The number of anilines is 1. The fourth-order valence-corrected chi connectivity index (χ4v) is 5.12. The van der Waals surface area contributed by atoms with Gasteiger partial charge in [0.05, 0.1) is 11.1 Å². The zero-order valence-electron chi connectivity index (χ0n) is 21.6. The molecule has 2 aliphatic heterocycles. The number of nitrogens with zero attached hydrogens (tertiary/aromatic N) is 3. The van der Waals surface area contributed by atoms with Gasteiger partial charge in [-0.1, -0.05) is 24.3 Å². The average molecular weight is 590 g/mol. The Bertz CT molecular complexity index is 1410. The second-order valence-corrected chi connectivity index (χ2v) is 9.88. The Morgan fingerprint density at radius 3 is 2.54 bits per heavy atom. The fourth-order valence-electron chi connectivity index (χ4n) is 4.55. The predicted molar refractivity (Wildman–Crippen MR) is 151 cm³/mol. The molecule has 39 heavy (non-hydrogen) atoms. The summed E-state index contributed by atoms with van der Waals surface area (Å²) in [5.41, 5.74) is 2.79. The summed E-state index contributed by atoms with van der Waals surface area (Å²) in [5.74, 6) is 2.18. The second-order valence-electron chi connectivity index (χ2n) is 9.02. The molecule has 0 bridgehead atoms. The summed E-state index contributed by atoms with van der Waals surface area (Å²) in [7, 11) is 0. The standard InChI is InChI=1S/C30H28BrN3O5/c1-2-36-28-17-22(15-25(31)29(28)37-19-21-8-9-26-27(16-21)39-20-38-26)14-23(18-32)30(35)34-12-10-33(11-13-34)24-6-4-3-5-7-24/h3-9,14-17H,2,10-13,19-20H2,1H3/b23-14-. The Morgan fingerprint density at radius 1 is 1.03 bits per heavy atom. The molecule has 0 aromatic heterocycles. The van der Waals surface area contributed by atoms with Gasteiger partial charge in [-0.3, -0.25) is 4.79 Å². The van der Waals surface area contributed by atoms with E-state index in [1.54, 1.807) is 17.0 Å². The number of nitriles is 1. The lowest BCUT2D eigenvalue weighted by Gasteiger charge is -2.36. The summed E-state index contributed by atoms with van der Waals surface area (Å²) in [4.78, 5) is 17.2. The molecule has 0 atom stereocenters. The van der Waals surface area contributed by atoms with Gasteiger partial charge >= 0.3 is 0 Å². The van der Waals surface area contributed by atoms with Crippen LogP contribution in [-0.4, -0.2) is 50.4 Å². The van der Waals surface area contributed by atoms with Crippen molar-refractivity contribution in [1.82, 2.24) is 4.90 Å². The van der Waals surface area contributed by atoms with Crippen molar-refractivity contribution in [2.24, 2.45) is 0 Å². The van der Waals surface area contributed by atoms with Gasteiger partial charge in [-0.25, -0.2) is 0 Å². The molecule has 1 amide bonds. The molecular weight excluding hydrogens is 562 g/mol. The molecule has 9 heteroatoms. The molecular formula is C30H28BrN3O5. The highest BCUT2D eigenvalue weighted by molar-refractivity contribution is 9.10. The van der Waals surface area contributed by atoms with Crippen molar-refractivity contribution >= 4 is 33.6 Å². The highest BCUT2D eigenvalue weighted by Gasteiger charge is 2.24. The van der Waals surface area contributed by atoms with Crippen LogP contribution in [0.1, 0.15) is 18.1 Å². The molecule has 1 fully saturated rings. The first kappa shape index (κ1) is 26.4. The van der Waals surface area contributed by atoms with E-state index in [1.807, 2.05) is 49.4 Å². The molecule has 0 N–H and O–H groups in total. The van der Waals surface area contributed by atoms with Gasteiger partial charge in [-0.15, -0.1) is 0 Å². The quantitative estimate of drug-likeness (QED) is 0.256. The van der Waals surface area contributed by atoms with E-state index in [0.29, 0.717) is 72.4 Å². The maximum atomic E-state index is 13.2.